The van der Waals surface area contributed by atoms with Crippen molar-refractivity contribution in [3.8, 4) is 5.75 Å². The highest BCUT2D eigenvalue weighted by Gasteiger charge is 2.30. The number of nitrogens with zero attached hydrogens (tertiary/aromatic N) is 1. The van der Waals surface area contributed by atoms with Gasteiger partial charge >= 0.3 is 5.69 Å². The summed E-state index contributed by atoms with van der Waals surface area (Å²) in [6, 6.07) is 2.69. The van der Waals surface area contributed by atoms with Crippen LogP contribution < -0.4 is 4.74 Å². The number of ketones is 1. The van der Waals surface area contributed by atoms with Gasteiger partial charge in [0.1, 0.15) is 6.61 Å². The van der Waals surface area contributed by atoms with Gasteiger partial charge in [-0.15, -0.1) is 0 Å². The standard InChI is InChI=1S/C11H9BrClNO4/c12-8-3-7(13)4-9(14(16)17)11(8)18-5-10(15)6-1-2-6/h3-4,6H,1-2,5H2. The topological polar surface area (TPSA) is 69.4 Å². The SMILES string of the molecule is O=C(COc1c(Br)cc(Cl)cc1[N+](=O)[O-])C1CC1. The summed E-state index contributed by atoms with van der Waals surface area (Å²) in [6.07, 6.45) is 1.76. The van der Waals surface area contributed by atoms with Gasteiger partial charge in [0.2, 0.25) is 5.75 Å². The van der Waals surface area contributed by atoms with Gasteiger partial charge in [0.25, 0.3) is 0 Å². The Balaban J connectivity index is 2.19. The molecule has 0 radical (unpaired) electrons. The number of halogens is 2. The second-order valence-corrected chi connectivity index (χ2v) is 5.31. The summed E-state index contributed by atoms with van der Waals surface area (Å²) in [5, 5.41) is 11.1. The van der Waals surface area contributed by atoms with Gasteiger partial charge in [0, 0.05) is 17.0 Å². The van der Waals surface area contributed by atoms with Crippen LogP contribution in [0.25, 0.3) is 0 Å². The molecule has 0 amide bonds. The van der Waals surface area contributed by atoms with Gasteiger partial charge in [0.15, 0.2) is 5.78 Å². The van der Waals surface area contributed by atoms with Crippen molar-refractivity contribution in [3.63, 3.8) is 0 Å². The molecule has 5 nitrogen and oxygen atoms in total. The lowest BCUT2D eigenvalue weighted by molar-refractivity contribution is -0.385. The van der Waals surface area contributed by atoms with Crippen molar-refractivity contribution in [3.05, 3.63) is 31.7 Å². The van der Waals surface area contributed by atoms with Gasteiger partial charge < -0.3 is 4.74 Å². The van der Waals surface area contributed by atoms with E-state index in [2.05, 4.69) is 15.9 Å². The quantitative estimate of drug-likeness (QED) is 0.611. The molecule has 1 saturated carbocycles. The zero-order valence-electron chi connectivity index (χ0n) is 9.19. The van der Waals surface area contributed by atoms with Crippen molar-refractivity contribution >= 4 is 39.0 Å². The van der Waals surface area contributed by atoms with E-state index in [9.17, 15) is 14.9 Å². The zero-order valence-corrected chi connectivity index (χ0v) is 11.5. The van der Waals surface area contributed by atoms with Crippen LogP contribution >= 0.6 is 27.5 Å². The van der Waals surface area contributed by atoms with Crippen molar-refractivity contribution in [1.82, 2.24) is 0 Å². The lowest BCUT2D eigenvalue weighted by Crippen LogP contribution is -2.13. The molecule has 0 saturated heterocycles. The van der Waals surface area contributed by atoms with E-state index in [0.29, 0.717) is 4.47 Å². The van der Waals surface area contributed by atoms with Crippen LogP contribution in [0.1, 0.15) is 12.8 Å². The van der Waals surface area contributed by atoms with Crippen LogP contribution in [0.15, 0.2) is 16.6 Å². The smallest absolute Gasteiger partial charge is 0.313 e. The fourth-order valence-electron chi connectivity index (χ4n) is 1.49. The van der Waals surface area contributed by atoms with Gasteiger partial charge in [-0.3, -0.25) is 14.9 Å². The molecule has 0 N–H and O–H groups in total. The molecule has 1 aromatic rings. The summed E-state index contributed by atoms with van der Waals surface area (Å²) in [7, 11) is 0. The van der Waals surface area contributed by atoms with Crippen LogP contribution in [0, 0.1) is 16.0 Å². The Morgan fingerprint density at radius 1 is 1.56 bits per heavy atom. The third-order valence-electron chi connectivity index (χ3n) is 2.58. The Labute approximate surface area is 116 Å². The number of rotatable bonds is 5. The second-order valence-electron chi connectivity index (χ2n) is 4.02. The molecule has 0 bridgehead atoms. The highest BCUT2D eigenvalue weighted by atomic mass is 79.9. The molecule has 96 valence electrons. The molecule has 0 heterocycles. The van der Waals surface area contributed by atoms with Crippen LogP contribution in [-0.4, -0.2) is 17.3 Å². The highest BCUT2D eigenvalue weighted by Crippen LogP contribution is 2.38. The van der Waals surface area contributed by atoms with E-state index in [0.717, 1.165) is 12.8 Å². The molecule has 1 aliphatic rings. The Bertz CT molecular complexity index is 516. The molecule has 0 aliphatic heterocycles. The van der Waals surface area contributed by atoms with E-state index in [1.807, 2.05) is 0 Å². The van der Waals surface area contributed by atoms with Crippen LogP contribution in [0.5, 0.6) is 5.75 Å². The molecule has 0 atom stereocenters. The molecule has 18 heavy (non-hydrogen) atoms. The third kappa shape index (κ3) is 3.00. The minimum Gasteiger partial charge on any atom is -0.478 e. The summed E-state index contributed by atoms with van der Waals surface area (Å²) < 4.78 is 5.62. The van der Waals surface area contributed by atoms with Gasteiger partial charge in [0.05, 0.1) is 9.40 Å². The summed E-state index contributed by atoms with van der Waals surface area (Å²) >= 11 is 8.88. The van der Waals surface area contributed by atoms with E-state index in [1.54, 1.807) is 0 Å². The molecule has 2 rings (SSSR count). The van der Waals surface area contributed by atoms with Gasteiger partial charge in [-0.1, -0.05) is 11.6 Å². The number of ether oxygens (including phenoxy) is 1. The average Bonchev–Trinajstić information content (AvgIpc) is 3.10. The van der Waals surface area contributed by atoms with Crippen molar-refractivity contribution in [2.75, 3.05) is 6.61 Å². The number of Topliss-reactive ketones (excluding diaryl/α,β-unsaturated/α-hetero) is 1. The summed E-state index contributed by atoms with van der Waals surface area (Å²) in [5.74, 6) is 0.0830. The van der Waals surface area contributed by atoms with E-state index in [4.69, 9.17) is 16.3 Å². The Morgan fingerprint density at radius 3 is 2.78 bits per heavy atom. The third-order valence-corrected chi connectivity index (χ3v) is 3.38. The lowest BCUT2D eigenvalue weighted by Gasteiger charge is -2.08. The van der Waals surface area contributed by atoms with Crippen molar-refractivity contribution in [2.45, 2.75) is 12.8 Å². The van der Waals surface area contributed by atoms with Crippen molar-refractivity contribution in [1.29, 1.82) is 0 Å². The largest absolute Gasteiger partial charge is 0.478 e. The van der Waals surface area contributed by atoms with Gasteiger partial charge in [-0.25, -0.2) is 0 Å². The van der Waals surface area contributed by atoms with Crippen molar-refractivity contribution < 1.29 is 14.5 Å². The molecular formula is C11H9BrClNO4. The Hall–Kier alpha value is -1.14. The van der Waals surface area contributed by atoms with E-state index in [1.165, 1.54) is 12.1 Å². The fourth-order valence-corrected chi connectivity index (χ4v) is 2.40. The van der Waals surface area contributed by atoms with E-state index in [-0.39, 0.29) is 34.8 Å². The lowest BCUT2D eigenvalue weighted by atomic mass is 10.2. The Kier molecular flexibility index (Phi) is 3.87. The molecule has 0 aromatic heterocycles. The first kappa shape index (κ1) is 13.3. The molecule has 0 spiro atoms. The molecule has 1 fully saturated rings. The highest BCUT2D eigenvalue weighted by molar-refractivity contribution is 9.10. The predicted octanol–water partition coefficient (Wildman–Crippen LogP) is 3.37. The second kappa shape index (κ2) is 5.24. The maximum Gasteiger partial charge on any atom is 0.313 e. The summed E-state index contributed by atoms with van der Waals surface area (Å²) in [5.41, 5.74) is -0.252. The van der Waals surface area contributed by atoms with Crippen LogP contribution in [0.3, 0.4) is 0 Å². The maximum atomic E-state index is 11.5. The number of carbonyl (C=O) groups is 1. The number of nitro groups is 1. The van der Waals surface area contributed by atoms with Gasteiger partial charge in [-0.05, 0) is 34.8 Å². The summed E-state index contributed by atoms with van der Waals surface area (Å²) in [4.78, 5) is 21.8. The van der Waals surface area contributed by atoms with Gasteiger partial charge in [-0.2, -0.15) is 0 Å². The number of nitro benzene ring substituents is 1. The van der Waals surface area contributed by atoms with Crippen LogP contribution in [-0.2, 0) is 4.79 Å². The normalized spacial score (nSPS) is 14.3. The minimum atomic E-state index is -0.590. The molecule has 1 aliphatic carbocycles. The zero-order chi connectivity index (χ0) is 13.3. The van der Waals surface area contributed by atoms with E-state index >= 15 is 0 Å². The first-order valence-corrected chi connectivity index (χ1v) is 6.45. The molecule has 7 heteroatoms. The van der Waals surface area contributed by atoms with Crippen LogP contribution in [0.4, 0.5) is 5.69 Å². The first-order valence-electron chi connectivity index (χ1n) is 5.28. The number of hydrogen-bond acceptors (Lipinski definition) is 4. The van der Waals surface area contributed by atoms with Crippen molar-refractivity contribution in [2.24, 2.45) is 5.92 Å². The Morgan fingerprint density at radius 2 is 2.22 bits per heavy atom. The van der Waals surface area contributed by atoms with E-state index < -0.39 is 4.92 Å². The maximum absolute atomic E-state index is 11.5. The fraction of sp³-hybridized carbons (Fsp3) is 0.364. The predicted molar refractivity (Wildman–Crippen MR) is 69.0 cm³/mol. The average molecular weight is 335 g/mol. The monoisotopic (exact) mass is 333 g/mol. The first-order chi connectivity index (χ1) is 8.49. The number of benzene rings is 1. The van der Waals surface area contributed by atoms with Crippen LogP contribution in [0.2, 0.25) is 5.02 Å². The summed E-state index contributed by atoms with van der Waals surface area (Å²) in [6.45, 7) is -0.147. The molecular weight excluding hydrogens is 325 g/mol. The number of carbonyl (C=O) groups excluding carboxylic acids is 1. The molecule has 1 aromatic carbocycles. The number of hydrogen-bond donors (Lipinski definition) is 0. The minimum absolute atomic E-state index is 0.0221. The molecule has 0 unspecified atom stereocenters.